The van der Waals surface area contributed by atoms with E-state index < -0.39 is 0 Å². The van der Waals surface area contributed by atoms with Gasteiger partial charge in [0.1, 0.15) is 0 Å². The van der Waals surface area contributed by atoms with Gasteiger partial charge in [-0.15, -0.1) is 0 Å². The average molecular weight is 219 g/mol. The monoisotopic (exact) mass is 219 g/mol. The maximum atomic E-state index is 5.58. The molecule has 0 heterocycles. The summed E-state index contributed by atoms with van der Waals surface area (Å²) in [5, 5.41) is 0. The van der Waals surface area contributed by atoms with Crippen LogP contribution >= 0.6 is 0 Å². The van der Waals surface area contributed by atoms with Crippen LogP contribution in [-0.2, 0) is 6.54 Å². The summed E-state index contributed by atoms with van der Waals surface area (Å²) >= 11 is 0. The molecule has 1 rings (SSSR count). The smallest absolute Gasteiger partial charge is 0.0240 e. The van der Waals surface area contributed by atoms with E-state index in [-0.39, 0.29) is 0 Å². The van der Waals surface area contributed by atoms with E-state index in [1.165, 1.54) is 11.1 Å². The minimum absolute atomic E-state index is 0.663. The number of nitrogens with two attached hydrogens (primary N) is 2. The van der Waals surface area contributed by atoms with Crippen LogP contribution in [0.2, 0.25) is 0 Å². The number of rotatable bonds is 7. The van der Waals surface area contributed by atoms with E-state index in [4.69, 9.17) is 11.5 Å². The molecule has 0 fully saturated rings. The molecule has 0 radical (unpaired) electrons. The molecule has 4 N–H and O–H groups in total. The highest BCUT2D eigenvalue weighted by molar-refractivity contribution is 5.51. The van der Waals surface area contributed by atoms with E-state index in [9.17, 15) is 0 Å². The van der Waals surface area contributed by atoms with Crippen molar-refractivity contribution in [3.05, 3.63) is 42.0 Å². The van der Waals surface area contributed by atoms with Crippen molar-refractivity contribution in [1.82, 2.24) is 4.90 Å². The van der Waals surface area contributed by atoms with Crippen LogP contribution in [-0.4, -0.2) is 31.1 Å². The van der Waals surface area contributed by atoms with Gasteiger partial charge in [0.2, 0.25) is 0 Å². The second-order valence-electron chi connectivity index (χ2n) is 3.76. The summed E-state index contributed by atoms with van der Waals surface area (Å²) in [5.41, 5.74) is 13.6. The van der Waals surface area contributed by atoms with E-state index in [0.29, 0.717) is 13.1 Å². The van der Waals surface area contributed by atoms with E-state index >= 15 is 0 Å². The molecule has 88 valence electrons. The van der Waals surface area contributed by atoms with Crippen LogP contribution in [0.1, 0.15) is 11.1 Å². The molecule has 0 aromatic heterocycles. The normalized spacial score (nSPS) is 10.7. The Morgan fingerprint density at radius 2 is 1.75 bits per heavy atom. The standard InChI is InChI=1S/C13H21N3/c1-2-12-5-3-4-6-13(12)11-16(9-7-14)10-8-15/h2-6H,1,7-11,14-15H2. The summed E-state index contributed by atoms with van der Waals surface area (Å²) in [6, 6.07) is 8.27. The molecule has 0 saturated carbocycles. The van der Waals surface area contributed by atoms with Crippen LogP contribution in [0.25, 0.3) is 6.08 Å². The first kappa shape index (κ1) is 12.9. The number of hydrogen-bond donors (Lipinski definition) is 2. The fraction of sp³-hybridized carbons (Fsp3) is 0.385. The SMILES string of the molecule is C=Cc1ccccc1CN(CCN)CCN. The van der Waals surface area contributed by atoms with Gasteiger partial charge in [0, 0.05) is 32.7 Å². The Morgan fingerprint density at radius 1 is 1.12 bits per heavy atom. The van der Waals surface area contributed by atoms with Gasteiger partial charge in [-0.1, -0.05) is 36.9 Å². The lowest BCUT2D eigenvalue weighted by Crippen LogP contribution is -2.33. The Kier molecular flexibility index (Phi) is 5.78. The zero-order valence-corrected chi connectivity index (χ0v) is 9.73. The molecule has 0 aliphatic carbocycles. The summed E-state index contributed by atoms with van der Waals surface area (Å²) < 4.78 is 0. The number of hydrogen-bond acceptors (Lipinski definition) is 3. The number of nitrogens with zero attached hydrogens (tertiary/aromatic N) is 1. The van der Waals surface area contributed by atoms with Gasteiger partial charge in [0.25, 0.3) is 0 Å². The van der Waals surface area contributed by atoms with Gasteiger partial charge >= 0.3 is 0 Å². The molecule has 0 atom stereocenters. The molecule has 16 heavy (non-hydrogen) atoms. The van der Waals surface area contributed by atoms with E-state index in [1.807, 2.05) is 18.2 Å². The fourth-order valence-electron chi connectivity index (χ4n) is 1.75. The van der Waals surface area contributed by atoms with Crippen molar-refractivity contribution in [2.75, 3.05) is 26.2 Å². The molecule has 3 heteroatoms. The lowest BCUT2D eigenvalue weighted by atomic mass is 10.1. The van der Waals surface area contributed by atoms with Crippen molar-refractivity contribution >= 4 is 6.08 Å². The summed E-state index contributed by atoms with van der Waals surface area (Å²) in [7, 11) is 0. The topological polar surface area (TPSA) is 55.3 Å². The largest absolute Gasteiger partial charge is 0.329 e. The van der Waals surface area contributed by atoms with Crippen LogP contribution in [0, 0.1) is 0 Å². The highest BCUT2D eigenvalue weighted by Gasteiger charge is 2.05. The molecule has 1 aromatic carbocycles. The van der Waals surface area contributed by atoms with Crippen molar-refractivity contribution in [3.63, 3.8) is 0 Å². The summed E-state index contributed by atoms with van der Waals surface area (Å²) in [4.78, 5) is 2.27. The maximum Gasteiger partial charge on any atom is 0.0240 e. The fourth-order valence-corrected chi connectivity index (χ4v) is 1.75. The Hall–Kier alpha value is -1.16. The van der Waals surface area contributed by atoms with Crippen LogP contribution in [0.3, 0.4) is 0 Å². The molecule has 0 amide bonds. The molecule has 1 aromatic rings. The molecular formula is C13H21N3. The molecule has 0 aliphatic rings. The van der Waals surface area contributed by atoms with Gasteiger partial charge in [-0.3, -0.25) is 4.90 Å². The van der Waals surface area contributed by atoms with Crippen molar-refractivity contribution in [1.29, 1.82) is 0 Å². The van der Waals surface area contributed by atoms with Crippen molar-refractivity contribution in [3.8, 4) is 0 Å². The highest BCUT2D eigenvalue weighted by Crippen LogP contribution is 2.12. The third-order valence-electron chi connectivity index (χ3n) is 2.56. The molecule has 0 saturated heterocycles. The van der Waals surface area contributed by atoms with Crippen LogP contribution in [0.4, 0.5) is 0 Å². The van der Waals surface area contributed by atoms with Gasteiger partial charge in [-0.2, -0.15) is 0 Å². The predicted molar refractivity (Wildman–Crippen MR) is 69.9 cm³/mol. The van der Waals surface area contributed by atoms with Crippen LogP contribution in [0.15, 0.2) is 30.8 Å². The lowest BCUT2D eigenvalue weighted by Gasteiger charge is -2.21. The second kappa shape index (κ2) is 7.17. The first-order chi connectivity index (χ1) is 7.81. The summed E-state index contributed by atoms with van der Waals surface area (Å²) in [6.07, 6.45) is 1.89. The van der Waals surface area contributed by atoms with E-state index in [1.54, 1.807) is 0 Å². The van der Waals surface area contributed by atoms with Gasteiger partial charge in [0.15, 0.2) is 0 Å². The Labute approximate surface area is 97.7 Å². The predicted octanol–water partition coefficient (Wildman–Crippen LogP) is 1.05. The quantitative estimate of drug-likeness (QED) is 0.720. The Bertz CT molecular complexity index is 317. The van der Waals surface area contributed by atoms with Gasteiger partial charge in [-0.25, -0.2) is 0 Å². The van der Waals surface area contributed by atoms with E-state index in [2.05, 4.69) is 23.6 Å². The molecular weight excluding hydrogens is 198 g/mol. The van der Waals surface area contributed by atoms with Crippen LogP contribution in [0.5, 0.6) is 0 Å². The third kappa shape index (κ3) is 3.77. The molecule has 0 aliphatic heterocycles. The van der Waals surface area contributed by atoms with Crippen molar-refractivity contribution < 1.29 is 0 Å². The maximum absolute atomic E-state index is 5.58. The summed E-state index contributed by atoms with van der Waals surface area (Å²) in [5.74, 6) is 0. The second-order valence-corrected chi connectivity index (χ2v) is 3.76. The van der Waals surface area contributed by atoms with E-state index in [0.717, 1.165) is 19.6 Å². The zero-order chi connectivity index (χ0) is 11.8. The van der Waals surface area contributed by atoms with Crippen molar-refractivity contribution in [2.24, 2.45) is 11.5 Å². The minimum atomic E-state index is 0.663. The first-order valence-electron chi connectivity index (χ1n) is 5.64. The minimum Gasteiger partial charge on any atom is -0.329 e. The Morgan fingerprint density at radius 3 is 2.31 bits per heavy atom. The summed E-state index contributed by atoms with van der Waals surface area (Å²) in [6.45, 7) is 7.79. The van der Waals surface area contributed by atoms with Gasteiger partial charge in [-0.05, 0) is 11.1 Å². The molecule has 0 bridgehead atoms. The lowest BCUT2D eigenvalue weighted by molar-refractivity contribution is 0.280. The van der Waals surface area contributed by atoms with Gasteiger partial charge < -0.3 is 11.5 Å². The van der Waals surface area contributed by atoms with Crippen molar-refractivity contribution in [2.45, 2.75) is 6.54 Å². The van der Waals surface area contributed by atoms with Gasteiger partial charge in [0.05, 0.1) is 0 Å². The molecule has 0 unspecified atom stereocenters. The van der Waals surface area contributed by atoms with Crippen LogP contribution < -0.4 is 11.5 Å². The average Bonchev–Trinajstić information content (AvgIpc) is 2.30. The highest BCUT2D eigenvalue weighted by atomic mass is 15.1. The zero-order valence-electron chi connectivity index (χ0n) is 9.73. The number of benzene rings is 1. The molecule has 3 nitrogen and oxygen atoms in total. The third-order valence-corrected chi connectivity index (χ3v) is 2.56. The first-order valence-corrected chi connectivity index (χ1v) is 5.64. The Balaban J connectivity index is 2.71. The molecule has 0 spiro atoms.